The molecule has 3 heterocycles. The van der Waals surface area contributed by atoms with Crippen LogP contribution in [-0.2, 0) is 25.8 Å². The standard InChI is InChI=1S/C26H27FN2O/c1-14(2)7-5-8-17-15(3)11-23-25-20(13-29(23)26(17)30)19-10-6-9-18-16(4)21(27)12-22(28-25)24(18)19/h7,11-12H,5-6,8-10,13H2,1-4H3. The maximum atomic E-state index is 14.6. The average molecular weight is 403 g/mol. The summed E-state index contributed by atoms with van der Waals surface area (Å²) in [6.45, 7) is 8.63. The Bertz CT molecular complexity index is 1310. The molecule has 5 rings (SSSR count). The van der Waals surface area contributed by atoms with Gasteiger partial charge in [0.2, 0.25) is 0 Å². The number of aryl methyl sites for hydroxylation is 3. The van der Waals surface area contributed by atoms with Crippen LogP contribution in [0, 0.1) is 19.7 Å². The number of nitrogens with zero attached hydrogens (tertiary/aromatic N) is 2. The highest BCUT2D eigenvalue weighted by atomic mass is 19.1. The first kappa shape index (κ1) is 19.2. The zero-order valence-corrected chi connectivity index (χ0v) is 18.2. The quantitative estimate of drug-likeness (QED) is 0.420. The van der Waals surface area contributed by atoms with Gasteiger partial charge in [-0.15, -0.1) is 0 Å². The molecule has 0 N–H and O–H groups in total. The minimum Gasteiger partial charge on any atom is -0.302 e. The summed E-state index contributed by atoms with van der Waals surface area (Å²) in [6, 6.07) is 3.68. The molecule has 3 nitrogen and oxygen atoms in total. The molecule has 0 spiro atoms. The SMILES string of the molecule is CC(C)=CCCc1c(C)cc2n(c1=O)Cc1c-2nc2cc(F)c(C)c3c2c1CCC3. The third-order valence-corrected chi connectivity index (χ3v) is 6.80. The minimum absolute atomic E-state index is 0.0970. The van der Waals surface area contributed by atoms with Crippen LogP contribution in [0.25, 0.3) is 22.3 Å². The second kappa shape index (κ2) is 6.90. The summed E-state index contributed by atoms with van der Waals surface area (Å²) in [5, 5.41) is 1.13. The van der Waals surface area contributed by atoms with Crippen molar-refractivity contribution in [2.45, 2.75) is 66.3 Å². The first-order valence-electron chi connectivity index (χ1n) is 10.9. The van der Waals surface area contributed by atoms with Crippen molar-refractivity contribution in [2.75, 3.05) is 0 Å². The number of hydrogen-bond acceptors (Lipinski definition) is 2. The normalized spacial score (nSPS) is 14.0. The number of hydrogen-bond donors (Lipinski definition) is 0. The van der Waals surface area contributed by atoms with Crippen LogP contribution in [-0.4, -0.2) is 9.55 Å². The van der Waals surface area contributed by atoms with E-state index in [2.05, 4.69) is 26.0 Å². The summed E-state index contributed by atoms with van der Waals surface area (Å²) in [6.07, 6.45) is 6.69. The van der Waals surface area contributed by atoms with Gasteiger partial charge in [0.15, 0.2) is 0 Å². The molecule has 3 aromatic rings. The lowest BCUT2D eigenvalue weighted by Gasteiger charge is -2.21. The van der Waals surface area contributed by atoms with Crippen molar-refractivity contribution in [3.05, 3.63) is 73.3 Å². The van der Waals surface area contributed by atoms with Crippen molar-refractivity contribution >= 4 is 10.9 Å². The Labute approximate surface area is 176 Å². The lowest BCUT2D eigenvalue weighted by atomic mass is 9.85. The molecule has 0 bridgehead atoms. The molecule has 0 saturated heterocycles. The van der Waals surface area contributed by atoms with E-state index in [4.69, 9.17) is 4.98 Å². The molecule has 0 fully saturated rings. The molecular weight excluding hydrogens is 375 g/mol. The van der Waals surface area contributed by atoms with E-state index in [1.807, 2.05) is 18.4 Å². The molecule has 0 saturated carbocycles. The Morgan fingerprint density at radius 1 is 1.17 bits per heavy atom. The fourth-order valence-corrected chi connectivity index (χ4v) is 5.24. The molecule has 0 unspecified atom stereocenters. The molecular formula is C26H27FN2O. The van der Waals surface area contributed by atoms with Gasteiger partial charge >= 0.3 is 0 Å². The number of pyridine rings is 2. The van der Waals surface area contributed by atoms with E-state index in [1.165, 1.54) is 11.1 Å². The van der Waals surface area contributed by atoms with Crippen LogP contribution in [0.5, 0.6) is 0 Å². The van der Waals surface area contributed by atoms with Gasteiger partial charge in [0.1, 0.15) is 5.82 Å². The minimum atomic E-state index is -0.181. The van der Waals surface area contributed by atoms with Gasteiger partial charge in [-0.25, -0.2) is 9.37 Å². The third kappa shape index (κ3) is 2.77. The van der Waals surface area contributed by atoms with Gasteiger partial charge in [-0.2, -0.15) is 0 Å². The summed E-state index contributed by atoms with van der Waals surface area (Å²) in [7, 11) is 0. The molecule has 2 aromatic heterocycles. The molecule has 0 radical (unpaired) electrons. The molecule has 1 aliphatic carbocycles. The number of allylic oxidation sites excluding steroid dienone is 2. The van der Waals surface area contributed by atoms with Gasteiger partial charge < -0.3 is 4.57 Å². The molecule has 154 valence electrons. The van der Waals surface area contributed by atoms with Gasteiger partial charge in [-0.3, -0.25) is 4.79 Å². The van der Waals surface area contributed by atoms with E-state index in [1.54, 1.807) is 6.07 Å². The van der Waals surface area contributed by atoms with Crippen LogP contribution in [0.1, 0.15) is 60.1 Å². The highest BCUT2D eigenvalue weighted by Crippen LogP contribution is 2.41. The van der Waals surface area contributed by atoms with Crippen molar-refractivity contribution in [1.82, 2.24) is 9.55 Å². The highest BCUT2D eigenvalue weighted by Gasteiger charge is 2.30. The van der Waals surface area contributed by atoms with E-state index < -0.39 is 0 Å². The summed E-state index contributed by atoms with van der Waals surface area (Å²) in [5.74, 6) is -0.181. The average Bonchev–Trinajstić information content (AvgIpc) is 3.07. The summed E-state index contributed by atoms with van der Waals surface area (Å²) >= 11 is 0. The van der Waals surface area contributed by atoms with Crippen molar-refractivity contribution < 1.29 is 4.39 Å². The topological polar surface area (TPSA) is 34.9 Å². The van der Waals surface area contributed by atoms with Crippen molar-refractivity contribution in [3.8, 4) is 11.4 Å². The fraction of sp³-hybridized carbons (Fsp3) is 0.385. The molecule has 0 atom stereocenters. The third-order valence-electron chi connectivity index (χ3n) is 6.80. The van der Waals surface area contributed by atoms with Crippen molar-refractivity contribution in [3.63, 3.8) is 0 Å². The molecule has 1 aromatic carbocycles. The summed E-state index contributed by atoms with van der Waals surface area (Å²) in [4.78, 5) is 18.3. The van der Waals surface area contributed by atoms with E-state index in [-0.39, 0.29) is 11.4 Å². The zero-order chi connectivity index (χ0) is 21.2. The molecule has 4 heteroatoms. The lowest BCUT2D eigenvalue weighted by molar-refractivity contribution is 0.615. The van der Waals surface area contributed by atoms with Gasteiger partial charge in [-0.1, -0.05) is 11.6 Å². The molecule has 2 aliphatic rings. The van der Waals surface area contributed by atoms with E-state index in [0.29, 0.717) is 6.54 Å². The summed E-state index contributed by atoms with van der Waals surface area (Å²) < 4.78 is 16.4. The number of fused-ring (bicyclic) bond motifs is 4. The maximum absolute atomic E-state index is 14.6. The largest absolute Gasteiger partial charge is 0.302 e. The molecule has 1 aliphatic heterocycles. The zero-order valence-electron chi connectivity index (χ0n) is 18.2. The fourth-order valence-electron chi connectivity index (χ4n) is 5.24. The number of halogens is 1. The predicted molar refractivity (Wildman–Crippen MR) is 120 cm³/mol. The van der Waals surface area contributed by atoms with Crippen LogP contribution >= 0.6 is 0 Å². The first-order chi connectivity index (χ1) is 14.4. The van der Waals surface area contributed by atoms with Crippen LogP contribution < -0.4 is 5.56 Å². The number of benzene rings is 1. The highest BCUT2D eigenvalue weighted by molar-refractivity contribution is 5.92. The molecule has 0 amide bonds. The van der Waals surface area contributed by atoms with E-state index in [9.17, 15) is 9.18 Å². The Morgan fingerprint density at radius 3 is 2.70 bits per heavy atom. The van der Waals surface area contributed by atoms with Crippen LogP contribution in [0.2, 0.25) is 0 Å². The Hall–Kier alpha value is -2.75. The van der Waals surface area contributed by atoms with Crippen LogP contribution in [0.3, 0.4) is 0 Å². The van der Waals surface area contributed by atoms with Gasteiger partial charge in [0.25, 0.3) is 5.56 Å². The molecule has 30 heavy (non-hydrogen) atoms. The second-order valence-electron chi connectivity index (χ2n) is 9.03. The van der Waals surface area contributed by atoms with Gasteiger partial charge in [0, 0.05) is 22.6 Å². The Kier molecular flexibility index (Phi) is 4.42. The van der Waals surface area contributed by atoms with Crippen LogP contribution in [0.4, 0.5) is 4.39 Å². The number of aromatic nitrogens is 2. The van der Waals surface area contributed by atoms with Crippen LogP contribution in [0.15, 0.2) is 28.6 Å². The van der Waals surface area contributed by atoms with Crippen molar-refractivity contribution in [2.24, 2.45) is 0 Å². The monoisotopic (exact) mass is 402 g/mol. The van der Waals surface area contributed by atoms with Crippen molar-refractivity contribution in [1.29, 1.82) is 0 Å². The maximum Gasteiger partial charge on any atom is 0.254 e. The number of rotatable bonds is 3. The lowest BCUT2D eigenvalue weighted by Crippen LogP contribution is -2.24. The van der Waals surface area contributed by atoms with E-state index >= 15 is 0 Å². The van der Waals surface area contributed by atoms with Gasteiger partial charge in [-0.05, 0) is 88.1 Å². The Balaban J connectivity index is 1.70. The predicted octanol–water partition coefficient (Wildman–Crippen LogP) is 5.57. The second-order valence-corrected chi connectivity index (χ2v) is 9.03. The van der Waals surface area contributed by atoms with E-state index in [0.717, 1.165) is 82.2 Å². The first-order valence-corrected chi connectivity index (χ1v) is 10.9. The smallest absolute Gasteiger partial charge is 0.254 e. The summed E-state index contributed by atoms with van der Waals surface area (Å²) in [5.41, 5.74) is 10.0. The Morgan fingerprint density at radius 2 is 1.93 bits per heavy atom. The van der Waals surface area contributed by atoms with Gasteiger partial charge in [0.05, 0.1) is 23.4 Å².